The number of nitro benzene ring substituents is 1. The van der Waals surface area contributed by atoms with Crippen molar-refractivity contribution in [2.75, 3.05) is 0 Å². The summed E-state index contributed by atoms with van der Waals surface area (Å²) in [6.45, 7) is 0. The zero-order chi connectivity index (χ0) is 14.0. The Bertz CT molecular complexity index is 576. The molecule has 0 saturated heterocycles. The Labute approximate surface area is 100 Å². The van der Waals surface area contributed by atoms with Gasteiger partial charge in [0.25, 0.3) is 5.69 Å². The van der Waals surface area contributed by atoms with Crippen molar-refractivity contribution in [3.8, 4) is 0 Å². The van der Waals surface area contributed by atoms with Gasteiger partial charge in [-0.2, -0.15) is 0 Å². The first-order chi connectivity index (χ1) is 8.43. The molecule has 94 valence electrons. The molecule has 0 aliphatic carbocycles. The van der Waals surface area contributed by atoms with E-state index in [-0.39, 0.29) is 5.69 Å². The molecule has 0 bridgehead atoms. The molecule has 0 N–H and O–H groups in total. The number of nitro groups is 1. The molecule has 0 fully saturated rings. The smallest absolute Gasteiger partial charge is 0.258 e. The molecule has 18 heavy (non-hydrogen) atoms. The molecule has 0 amide bonds. The summed E-state index contributed by atoms with van der Waals surface area (Å²) in [5.74, 6) is 0. The molecule has 0 heterocycles. The summed E-state index contributed by atoms with van der Waals surface area (Å²) in [4.78, 5) is 13.4. The van der Waals surface area contributed by atoms with Gasteiger partial charge in [0.2, 0.25) is 0 Å². The van der Waals surface area contributed by atoms with Crippen LogP contribution in [0.25, 0.3) is 20.9 Å². The van der Waals surface area contributed by atoms with Crippen LogP contribution >= 0.6 is 0 Å². The van der Waals surface area contributed by atoms with Gasteiger partial charge in [-0.15, -0.1) is 0 Å². The summed E-state index contributed by atoms with van der Waals surface area (Å²) >= 11 is 0. The van der Waals surface area contributed by atoms with Gasteiger partial charge in [0.15, 0.2) is 0 Å². The topological polar surface area (TPSA) is 175 Å². The van der Waals surface area contributed by atoms with E-state index in [4.69, 9.17) is 11.1 Å². The number of nitrogens with zero attached hydrogens (tertiary/aromatic N) is 7. The number of azide groups is 1. The van der Waals surface area contributed by atoms with Crippen molar-refractivity contribution >= 4 is 15.9 Å². The van der Waals surface area contributed by atoms with Gasteiger partial charge in [-0.3, -0.25) is 10.1 Å². The van der Waals surface area contributed by atoms with Gasteiger partial charge in [0.1, 0.15) is 0 Å². The largest absolute Gasteiger partial charge is 0.321 e. The number of hydrogen-bond acceptors (Lipinski definition) is 4. The molecule has 0 aliphatic heterocycles. The quantitative estimate of drug-likeness (QED) is 0.270. The Hall–Kier alpha value is -2.81. The SMILES string of the molecule is O=[N+]([O-])c1ccccc1.[N-]=[N+]=NS(=O)(=O)N=[N+]=[N-]. The average Bonchev–Trinajstić information content (AvgIpc) is 2.30. The standard InChI is InChI=1S/C6H5NO2.N6O2S/c8-7(9)6-4-2-1-3-5-6;1-3-5-9(7,8)6-4-2/h1-5H;. The lowest BCUT2D eigenvalue weighted by Crippen LogP contribution is -1.84. The molecule has 1 rings (SSSR count). The second-order valence-corrected chi connectivity index (χ2v) is 3.60. The van der Waals surface area contributed by atoms with Crippen molar-refractivity contribution in [3.05, 3.63) is 61.3 Å². The van der Waals surface area contributed by atoms with Crippen molar-refractivity contribution in [3.63, 3.8) is 0 Å². The summed E-state index contributed by atoms with van der Waals surface area (Å²) in [5, 5.41) is 10.0. The molecule has 0 spiro atoms. The number of benzene rings is 1. The van der Waals surface area contributed by atoms with Gasteiger partial charge in [0.05, 0.1) is 4.92 Å². The fraction of sp³-hybridized carbons (Fsp3) is 0. The number of hydrogen-bond donors (Lipinski definition) is 0. The van der Waals surface area contributed by atoms with E-state index in [0.717, 1.165) is 0 Å². The molecule has 0 atom stereocenters. The zero-order valence-electron chi connectivity index (χ0n) is 8.56. The van der Waals surface area contributed by atoms with Crippen LogP contribution in [0, 0.1) is 10.1 Å². The minimum atomic E-state index is -4.27. The summed E-state index contributed by atoms with van der Waals surface area (Å²) < 4.78 is 24.3. The highest BCUT2D eigenvalue weighted by Crippen LogP contribution is 2.06. The third kappa shape index (κ3) is 6.63. The molecule has 0 aromatic heterocycles. The van der Waals surface area contributed by atoms with Gasteiger partial charge in [-0.05, 0) is 11.1 Å². The Morgan fingerprint density at radius 2 is 1.56 bits per heavy atom. The highest BCUT2D eigenvalue weighted by atomic mass is 32.2. The van der Waals surface area contributed by atoms with E-state index in [9.17, 15) is 18.5 Å². The highest BCUT2D eigenvalue weighted by Gasteiger charge is 1.99. The molecule has 1 aromatic rings. The predicted molar refractivity (Wildman–Crippen MR) is 60.3 cm³/mol. The lowest BCUT2D eigenvalue weighted by Gasteiger charge is -1.85. The van der Waals surface area contributed by atoms with Gasteiger partial charge in [0, 0.05) is 31.0 Å². The molecule has 11 nitrogen and oxygen atoms in total. The van der Waals surface area contributed by atoms with E-state index in [1.165, 1.54) is 12.1 Å². The van der Waals surface area contributed by atoms with Crippen LogP contribution in [-0.2, 0) is 10.2 Å². The van der Waals surface area contributed by atoms with Crippen LogP contribution in [0.3, 0.4) is 0 Å². The van der Waals surface area contributed by atoms with E-state index in [1.807, 2.05) is 9.82 Å². The van der Waals surface area contributed by atoms with Crippen molar-refractivity contribution < 1.29 is 13.3 Å². The third-order valence-corrected chi connectivity index (χ3v) is 1.81. The lowest BCUT2D eigenvalue weighted by molar-refractivity contribution is -0.384. The maximum Gasteiger partial charge on any atom is 0.321 e. The lowest BCUT2D eigenvalue weighted by atomic mass is 10.3. The predicted octanol–water partition coefficient (Wildman–Crippen LogP) is 2.45. The van der Waals surface area contributed by atoms with Crippen LogP contribution < -0.4 is 0 Å². The molecule has 0 radical (unpaired) electrons. The Balaban J connectivity index is 0.000000321. The van der Waals surface area contributed by atoms with E-state index >= 15 is 0 Å². The summed E-state index contributed by atoms with van der Waals surface area (Å²) in [6.07, 6.45) is 0. The fourth-order valence-electron chi connectivity index (χ4n) is 0.658. The molecule has 12 heteroatoms. The molecule has 0 aliphatic rings. The van der Waals surface area contributed by atoms with Crippen molar-refractivity contribution in [1.29, 1.82) is 0 Å². The van der Waals surface area contributed by atoms with Crippen LogP contribution in [0.1, 0.15) is 0 Å². The minimum absolute atomic E-state index is 0.137. The second kappa shape index (κ2) is 7.46. The summed E-state index contributed by atoms with van der Waals surface area (Å²) in [6, 6.07) is 7.93. The van der Waals surface area contributed by atoms with Crippen LogP contribution in [-0.4, -0.2) is 13.3 Å². The maximum absolute atomic E-state index is 10.0. The fourth-order valence-corrected chi connectivity index (χ4v) is 0.876. The molecular weight excluding hydrogens is 266 g/mol. The summed E-state index contributed by atoms with van der Waals surface area (Å²) in [7, 11) is -4.27. The first kappa shape index (κ1) is 15.2. The van der Waals surface area contributed by atoms with Crippen LogP contribution in [0.15, 0.2) is 39.4 Å². The number of para-hydroxylation sites is 1. The molecule has 1 aromatic carbocycles. The third-order valence-electron chi connectivity index (χ3n) is 1.25. The van der Waals surface area contributed by atoms with E-state index in [1.54, 1.807) is 18.2 Å². The van der Waals surface area contributed by atoms with E-state index in [2.05, 4.69) is 9.04 Å². The number of rotatable bonds is 3. The highest BCUT2D eigenvalue weighted by molar-refractivity contribution is 7.88. The van der Waals surface area contributed by atoms with Crippen LogP contribution in [0.2, 0.25) is 0 Å². The maximum atomic E-state index is 10.0. The Morgan fingerprint density at radius 3 is 1.83 bits per heavy atom. The molecule has 0 unspecified atom stereocenters. The molecule has 0 saturated carbocycles. The number of non-ortho nitro benzene ring substituents is 1. The minimum Gasteiger partial charge on any atom is -0.258 e. The van der Waals surface area contributed by atoms with Crippen LogP contribution in [0.4, 0.5) is 5.69 Å². The van der Waals surface area contributed by atoms with Gasteiger partial charge in [-0.1, -0.05) is 18.2 Å². The zero-order valence-corrected chi connectivity index (χ0v) is 9.37. The average molecular weight is 271 g/mol. The van der Waals surface area contributed by atoms with Crippen LogP contribution in [0.5, 0.6) is 0 Å². The monoisotopic (exact) mass is 271 g/mol. The van der Waals surface area contributed by atoms with Gasteiger partial charge < -0.3 is 0 Å². The summed E-state index contributed by atoms with van der Waals surface area (Å²) in [5.41, 5.74) is 15.2. The first-order valence-electron chi connectivity index (χ1n) is 4.00. The first-order valence-corrected chi connectivity index (χ1v) is 5.39. The van der Waals surface area contributed by atoms with E-state index < -0.39 is 15.1 Å². The Kier molecular flexibility index (Phi) is 6.30. The van der Waals surface area contributed by atoms with Crippen molar-refractivity contribution in [1.82, 2.24) is 0 Å². The van der Waals surface area contributed by atoms with Gasteiger partial charge >= 0.3 is 10.2 Å². The van der Waals surface area contributed by atoms with Crippen molar-refractivity contribution in [2.24, 2.45) is 9.04 Å². The second-order valence-electron chi connectivity index (χ2n) is 2.38. The van der Waals surface area contributed by atoms with Crippen molar-refractivity contribution in [2.45, 2.75) is 0 Å². The Morgan fingerprint density at radius 1 is 1.11 bits per heavy atom. The van der Waals surface area contributed by atoms with E-state index in [0.29, 0.717) is 0 Å². The van der Waals surface area contributed by atoms with Gasteiger partial charge in [-0.25, -0.2) is 8.42 Å². The normalized spacial score (nSPS) is 8.89. The molecular formula is C6H5N7O4S.